The number of fused-ring (bicyclic) bond motifs is 1. The predicted octanol–water partition coefficient (Wildman–Crippen LogP) is 3.24. The fraction of sp³-hybridized carbons (Fsp3) is 0.350. The van der Waals surface area contributed by atoms with Gasteiger partial charge < -0.3 is 20.1 Å². The second kappa shape index (κ2) is 9.02. The van der Waals surface area contributed by atoms with E-state index in [4.69, 9.17) is 9.47 Å². The molecule has 0 radical (unpaired) electrons. The molecule has 0 spiro atoms. The van der Waals surface area contributed by atoms with E-state index in [1.807, 2.05) is 36.4 Å². The highest BCUT2D eigenvalue weighted by Gasteiger charge is 2.16. The lowest BCUT2D eigenvalue weighted by molar-refractivity contribution is -0.147. The molecule has 0 bridgehead atoms. The Morgan fingerprint density at radius 2 is 1.70 bits per heavy atom. The van der Waals surface area contributed by atoms with Crippen molar-refractivity contribution in [2.24, 2.45) is 0 Å². The predicted molar refractivity (Wildman–Crippen MR) is 102 cm³/mol. The monoisotopic (exact) mass is 372 g/mol. The maximum absolute atomic E-state index is 12.0. The molecule has 0 unspecified atom stereocenters. The van der Waals surface area contributed by atoms with Crippen LogP contribution >= 0.6 is 0 Å². The summed E-state index contributed by atoms with van der Waals surface area (Å²) >= 11 is 0. The van der Waals surface area contributed by atoms with Crippen LogP contribution in [0.15, 0.2) is 42.5 Å². The molecule has 0 aliphatic heterocycles. The van der Waals surface area contributed by atoms with Crippen LogP contribution in [0.1, 0.15) is 27.2 Å². The van der Waals surface area contributed by atoms with Crippen LogP contribution in [0.2, 0.25) is 0 Å². The summed E-state index contributed by atoms with van der Waals surface area (Å²) in [6.45, 7) is 4.91. The number of nitrogens with one attached hydrogen (secondary N) is 2. The van der Waals surface area contributed by atoms with Crippen molar-refractivity contribution >= 4 is 34.4 Å². The smallest absolute Gasteiger partial charge is 0.407 e. The summed E-state index contributed by atoms with van der Waals surface area (Å²) in [5, 5.41) is 7.09. The van der Waals surface area contributed by atoms with E-state index in [-0.39, 0.29) is 13.0 Å². The van der Waals surface area contributed by atoms with Gasteiger partial charge in [-0.25, -0.2) is 4.79 Å². The minimum atomic E-state index is -0.607. The van der Waals surface area contributed by atoms with E-state index >= 15 is 0 Å². The number of alkyl carbamates (subject to hydrolysis) is 1. The largest absolute Gasteiger partial charge is 0.456 e. The third kappa shape index (κ3) is 6.97. The van der Waals surface area contributed by atoms with Gasteiger partial charge in [-0.1, -0.05) is 36.4 Å². The molecule has 2 aromatic rings. The van der Waals surface area contributed by atoms with Crippen molar-refractivity contribution in [3.8, 4) is 0 Å². The molecule has 144 valence electrons. The molecule has 0 aliphatic rings. The Kier molecular flexibility index (Phi) is 6.76. The molecule has 7 heteroatoms. The second-order valence-corrected chi connectivity index (χ2v) is 6.91. The number of ether oxygens (including phenoxy) is 2. The van der Waals surface area contributed by atoms with E-state index in [0.29, 0.717) is 5.69 Å². The van der Waals surface area contributed by atoms with Gasteiger partial charge in [0.25, 0.3) is 5.91 Å². The van der Waals surface area contributed by atoms with Crippen LogP contribution in [-0.4, -0.2) is 36.7 Å². The summed E-state index contributed by atoms with van der Waals surface area (Å²) in [6.07, 6.45) is -0.662. The van der Waals surface area contributed by atoms with Gasteiger partial charge in [0.05, 0.1) is 6.42 Å². The van der Waals surface area contributed by atoms with Crippen molar-refractivity contribution in [2.75, 3.05) is 18.5 Å². The quantitative estimate of drug-likeness (QED) is 0.759. The minimum absolute atomic E-state index is 0.0548. The highest BCUT2D eigenvalue weighted by molar-refractivity contribution is 6.02. The second-order valence-electron chi connectivity index (χ2n) is 6.91. The van der Waals surface area contributed by atoms with Gasteiger partial charge in [0.2, 0.25) is 0 Å². The molecule has 0 atom stereocenters. The Balaban J connectivity index is 1.73. The molecule has 0 fully saturated rings. The van der Waals surface area contributed by atoms with Crippen LogP contribution < -0.4 is 10.6 Å². The van der Waals surface area contributed by atoms with Crippen molar-refractivity contribution in [1.29, 1.82) is 0 Å². The highest BCUT2D eigenvalue weighted by Crippen LogP contribution is 2.22. The first-order valence-corrected chi connectivity index (χ1v) is 8.65. The Labute approximate surface area is 158 Å². The fourth-order valence-electron chi connectivity index (χ4n) is 2.32. The summed E-state index contributed by atoms with van der Waals surface area (Å²) in [5.41, 5.74) is 0.0466. The van der Waals surface area contributed by atoms with Gasteiger partial charge in [0, 0.05) is 17.6 Å². The van der Waals surface area contributed by atoms with Gasteiger partial charge in [0.15, 0.2) is 6.61 Å². The number of esters is 1. The summed E-state index contributed by atoms with van der Waals surface area (Å²) in [4.78, 5) is 35.2. The molecule has 0 heterocycles. The molecule has 0 saturated carbocycles. The van der Waals surface area contributed by atoms with E-state index in [1.165, 1.54) is 0 Å². The topological polar surface area (TPSA) is 93.7 Å². The van der Waals surface area contributed by atoms with Gasteiger partial charge in [-0.05, 0) is 32.2 Å². The van der Waals surface area contributed by atoms with Crippen LogP contribution in [0.5, 0.6) is 0 Å². The molecule has 2 N–H and O–H groups in total. The molecular formula is C20H24N2O5. The zero-order valence-corrected chi connectivity index (χ0v) is 15.7. The van der Waals surface area contributed by atoms with E-state index in [2.05, 4.69) is 10.6 Å². The Bertz CT molecular complexity index is 821. The Hall–Kier alpha value is -3.09. The van der Waals surface area contributed by atoms with Crippen molar-refractivity contribution in [3.05, 3.63) is 42.5 Å². The third-order valence-electron chi connectivity index (χ3n) is 3.43. The van der Waals surface area contributed by atoms with Crippen LogP contribution in [0.25, 0.3) is 10.8 Å². The number of hydrogen-bond acceptors (Lipinski definition) is 5. The first-order chi connectivity index (χ1) is 12.7. The number of carbonyl (C=O) groups excluding carboxylic acids is 3. The Morgan fingerprint density at radius 1 is 1.00 bits per heavy atom. The van der Waals surface area contributed by atoms with Crippen molar-refractivity contribution in [3.63, 3.8) is 0 Å². The first kappa shape index (κ1) is 20.2. The van der Waals surface area contributed by atoms with Gasteiger partial charge in [0.1, 0.15) is 5.60 Å². The summed E-state index contributed by atoms with van der Waals surface area (Å²) in [6, 6.07) is 13.2. The van der Waals surface area contributed by atoms with Crippen molar-refractivity contribution in [2.45, 2.75) is 32.8 Å². The number of carbonyl (C=O) groups is 3. The van der Waals surface area contributed by atoms with Crippen molar-refractivity contribution < 1.29 is 23.9 Å². The van der Waals surface area contributed by atoms with Crippen LogP contribution in [0.3, 0.4) is 0 Å². The molecule has 2 rings (SSSR count). The van der Waals surface area contributed by atoms with Gasteiger partial charge in [-0.3, -0.25) is 9.59 Å². The van der Waals surface area contributed by atoms with Crippen LogP contribution in [0, 0.1) is 0 Å². The number of amides is 2. The van der Waals surface area contributed by atoms with Crippen molar-refractivity contribution in [1.82, 2.24) is 5.32 Å². The summed E-state index contributed by atoms with van der Waals surface area (Å²) < 4.78 is 9.98. The lowest BCUT2D eigenvalue weighted by atomic mass is 10.1. The zero-order valence-electron chi connectivity index (χ0n) is 15.7. The maximum Gasteiger partial charge on any atom is 0.407 e. The van der Waals surface area contributed by atoms with E-state index in [9.17, 15) is 14.4 Å². The molecule has 0 aliphatic carbocycles. The molecule has 7 nitrogen and oxygen atoms in total. The molecule has 27 heavy (non-hydrogen) atoms. The maximum atomic E-state index is 12.0. The molecular weight excluding hydrogens is 348 g/mol. The summed E-state index contributed by atoms with van der Waals surface area (Å²) in [7, 11) is 0. The number of anilines is 1. The normalized spacial score (nSPS) is 10.9. The highest BCUT2D eigenvalue weighted by atomic mass is 16.6. The average molecular weight is 372 g/mol. The lowest BCUT2D eigenvalue weighted by Gasteiger charge is -2.19. The van der Waals surface area contributed by atoms with E-state index in [1.54, 1.807) is 26.8 Å². The average Bonchev–Trinajstić information content (AvgIpc) is 2.59. The standard InChI is InChI=1S/C20H24N2O5/c1-20(2,3)27-19(25)21-12-11-18(24)26-13-17(23)22-16-10-6-8-14-7-4-5-9-15(14)16/h4-10H,11-13H2,1-3H3,(H,21,25)(H,22,23). The zero-order chi connectivity index (χ0) is 19.9. The van der Waals surface area contributed by atoms with Gasteiger partial charge >= 0.3 is 12.1 Å². The third-order valence-corrected chi connectivity index (χ3v) is 3.43. The van der Waals surface area contributed by atoms with E-state index < -0.39 is 30.2 Å². The number of rotatable bonds is 6. The van der Waals surface area contributed by atoms with Crippen LogP contribution in [0.4, 0.5) is 10.5 Å². The minimum Gasteiger partial charge on any atom is -0.456 e. The SMILES string of the molecule is CC(C)(C)OC(=O)NCCC(=O)OCC(=O)Nc1cccc2ccccc12. The number of hydrogen-bond donors (Lipinski definition) is 2. The first-order valence-electron chi connectivity index (χ1n) is 8.65. The van der Waals surface area contributed by atoms with Gasteiger partial charge in [-0.15, -0.1) is 0 Å². The van der Waals surface area contributed by atoms with E-state index in [0.717, 1.165) is 10.8 Å². The molecule has 0 saturated heterocycles. The van der Waals surface area contributed by atoms with Crippen LogP contribution in [-0.2, 0) is 19.1 Å². The molecule has 2 aromatic carbocycles. The Morgan fingerprint density at radius 3 is 2.44 bits per heavy atom. The lowest BCUT2D eigenvalue weighted by Crippen LogP contribution is -2.34. The number of benzene rings is 2. The molecule has 0 aromatic heterocycles. The van der Waals surface area contributed by atoms with Gasteiger partial charge in [-0.2, -0.15) is 0 Å². The fourth-order valence-corrected chi connectivity index (χ4v) is 2.32. The molecule has 2 amide bonds. The summed E-state index contributed by atoms with van der Waals surface area (Å²) in [5.74, 6) is -1.01.